The van der Waals surface area contributed by atoms with Crippen molar-refractivity contribution in [1.82, 2.24) is 4.90 Å². The molecule has 0 aliphatic rings. The number of rotatable bonds is 7. The van der Waals surface area contributed by atoms with Crippen LogP contribution in [-0.4, -0.2) is 41.1 Å². The molecule has 0 heterocycles. The van der Waals surface area contributed by atoms with Gasteiger partial charge in [-0.3, -0.25) is 4.90 Å². The molecule has 2 nitrogen and oxygen atoms in total. The lowest BCUT2D eigenvalue weighted by molar-refractivity contribution is 0.0749. The molecule has 0 aromatic heterocycles. The second-order valence-electron chi connectivity index (χ2n) is 4.76. The van der Waals surface area contributed by atoms with E-state index in [-0.39, 0.29) is 12.1 Å². The first kappa shape index (κ1) is 14.4. The molecule has 0 aromatic rings. The Kier molecular flexibility index (Phi) is 7.00. The Morgan fingerprint density at radius 1 is 1.36 bits per heavy atom. The first-order valence-electron chi connectivity index (χ1n) is 5.32. The van der Waals surface area contributed by atoms with Crippen LogP contribution in [0.2, 0.25) is 0 Å². The van der Waals surface area contributed by atoms with Crippen molar-refractivity contribution in [3.8, 4) is 0 Å². The zero-order valence-electron chi connectivity index (χ0n) is 9.89. The highest BCUT2D eigenvalue weighted by Crippen LogP contribution is 2.15. The Balaban J connectivity index is 3.78. The van der Waals surface area contributed by atoms with Gasteiger partial charge >= 0.3 is 0 Å². The second-order valence-corrected chi connectivity index (χ2v) is 5.56. The highest BCUT2D eigenvalue weighted by Gasteiger charge is 2.22. The van der Waals surface area contributed by atoms with E-state index in [0.717, 1.165) is 17.8 Å². The van der Waals surface area contributed by atoms with E-state index in [4.69, 9.17) is 0 Å². The molecule has 1 N–H and O–H groups in total. The van der Waals surface area contributed by atoms with Crippen molar-refractivity contribution in [1.29, 1.82) is 0 Å². The van der Waals surface area contributed by atoms with E-state index in [1.807, 2.05) is 0 Å². The predicted octanol–water partition coefficient (Wildman–Crippen LogP) is 2.50. The highest BCUT2D eigenvalue weighted by molar-refractivity contribution is 9.09. The molecule has 0 fully saturated rings. The number of aliphatic hydroxyl groups excluding tert-OH is 1. The standard InChI is InChI=1S/C11H24BrNO/c1-10(5-7-12)6-8-13(4)11(2,3)9-14/h10,14H,5-9H2,1-4H3. The maximum Gasteiger partial charge on any atom is 0.0609 e. The minimum absolute atomic E-state index is 0.0892. The van der Waals surface area contributed by atoms with Gasteiger partial charge < -0.3 is 5.11 Å². The van der Waals surface area contributed by atoms with Crippen molar-refractivity contribution in [3.63, 3.8) is 0 Å². The molecule has 0 amide bonds. The van der Waals surface area contributed by atoms with Crippen molar-refractivity contribution in [2.45, 2.75) is 39.2 Å². The van der Waals surface area contributed by atoms with E-state index in [0.29, 0.717) is 0 Å². The average Bonchev–Trinajstić information content (AvgIpc) is 2.14. The predicted molar refractivity (Wildman–Crippen MR) is 66.0 cm³/mol. The highest BCUT2D eigenvalue weighted by atomic mass is 79.9. The van der Waals surface area contributed by atoms with Gasteiger partial charge in [0.15, 0.2) is 0 Å². The first-order chi connectivity index (χ1) is 6.44. The summed E-state index contributed by atoms with van der Waals surface area (Å²) < 4.78 is 0. The Bertz CT molecular complexity index is 150. The lowest BCUT2D eigenvalue weighted by Crippen LogP contribution is -2.44. The lowest BCUT2D eigenvalue weighted by atomic mass is 10.0. The Hall–Kier alpha value is 0.400. The number of likely N-dealkylation sites (N-methyl/N-ethyl adjacent to an activating group) is 1. The summed E-state index contributed by atoms with van der Waals surface area (Å²) in [5.41, 5.74) is -0.0892. The number of hydrogen-bond acceptors (Lipinski definition) is 2. The maximum absolute atomic E-state index is 9.18. The van der Waals surface area contributed by atoms with Gasteiger partial charge in [0.25, 0.3) is 0 Å². The molecule has 86 valence electrons. The topological polar surface area (TPSA) is 23.5 Å². The number of aliphatic hydroxyl groups is 1. The summed E-state index contributed by atoms with van der Waals surface area (Å²) in [6, 6.07) is 0. The van der Waals surface area contributed by atoms with Crippen LogP contribution in [0.5, 0.6) is 0 Å². The van der Waals surface area contributed by atoms with Crippen LogP contribution in [0.1, 0.15) is 33.6 Å². The fraction of sp³-hybridized carbons (Fsp3) is 1.00. The van der Waals surface area contributed by atoms with E-state index >= 15 is 0 Å². The Labute approximate surface area is 96.8 Å². The molecule has 0 aliphatic heterocycles. The average molecular weight is 266 g/mol. The molecule has 0 rings (SSSR count). The van der Waals surface area contributed by atoms with E-state index in [2.05, 4.69) is 48.6 Å². The summed E-state index contributed by atoms with van der Waals surface area (Å²) in [7, 11) is 2.08. The van der Waals surface area contributed by atoms with Gasteiger partial charge in [-0.2, -0.15) is 0 Å². The van der Waals surface area contributed by atoms with Gasteiger partial charge in [-0.15, -0.1) is 0 Å². The molecule has 0 radical (unpaired) electrons. The van der Waals surface area contributed by atoms with Gasteiger partial charge in [-0.1, -0.05) is 22.9 Å². The molecular formula is C11H24BrNO. The van der Waals surface area contributed by atoms with Crippen LogP contribution in [0.15, 0.2) is 0 Å². The van der Waals surface area contributed by atoms with Crippen LogP contribution < -0.4 is 0 Å². The molecule has 0 saturated heterocycles. The molecule has 0 spiro atoms. The smallest absolute Gasteiger partial charge is 0.0609 e. The van der Waals surface area contributed by atoms with E-state index < -0.39 is 0 Å². The minimum Gasteiger partial charge on any atom is -0.394 e. The SMILES string of the molecule is CC(CCBr)CCN(C)C(C)(C)CO. The monoisotopic (exact) mass is 265 g/mol. The van der Waals surface area contributed by atoms with Crippen LogP contribution in [0.25, 0.3) is 0 Å². The quantitative estimate of drug-likeness (QED) is 0.716. The molecule has 0 saturated carbocycles. The molecule has 3 heteroatoms. The molecular weight excluding hydrogens is 242 g/mol. The van der Waals surface area contributed by atoms with E-state index in [9.17, 15) is 5.11 Å². The van der Waals surface area contributed by atoms with Crippen LogP contribution in [0.4, 0.5) is 0 Å². The van der Waals surface area contributed by atoms with Gasteiger partial charge in [0.05, 0.1) is 6.61 Å². The van der Waals surface area contributed by atoms with Gasteiger partial charge in [0.1, 0.15) is 0 Å². The Morgan fingerprint density at radius 2 is 1.93 bits per heavy atom. The molecule has 1 unspecified atom stereocenters. The summed E-state index contributed by atoms with van der Waals surface area (Å²) in [6.45, 7) is 7.70. The van der Waals surface area contributed by atoms with E-state index in [1.165, 1.54) is 12.8 Å². The third kappa shape index (κ3) is 5.32. The van der Waals surface area contributed by atoms with Crippen LogP contribution in [0.3, 0.4) is 0 Å². The summed E-state index contributed by atoms with van der Waals surface area (Å²) in [6.07, 6.45) is 2.43. The fourth-order valence-corrected chi connectivity index (χ4v) is 1.95. The summed E-state index contributed by atoms with van der Waals surface area (Å²) >= 11 is 3.46. The van der Waals surface area contributed by atoms with Crippen LogP contribution >= 0.6 is 15.9 Å². The number of nitrogens with zero attached hydrogens (tertiary/aromatic N) is 1. The van der Waals surface area contributed by atoms with Crippen molar-refractivity contribution in [3.05, 3.63) is 0 Å². The number of hydrogen-bond donors (Lipinski definition) is 1. The summed E-state index contributed by atoms with van der Waals surface area (Å²) in [4.78, 5) is 2.23. The van der Waals surface area contributed by atoms with E-state index in [1.54, 1.807) is 0 Å². The minimum atomic E-state index is -0.0892. The second kappa shape index (κ2) is 6.81. The molecule has 14 heavy (non-hydrogen) atoms. The fourth-order valence-electron chi connectivity index (χ4n) is 1.17. The lowest BCUT2D eigenvalue weighted by Gasteiger charge is -2.34. The van der Waals surface area contributed by atoms with Crippen molar-refractivity contribution >= 4 is 15.9 Å². The summed E-state index contributed by atoms with van der Waals surface area (Å²) in [5.74, 6) is 0.756. The third-order valence-corrected chi connectivity index (χ3v) is 3.44. The van der Waals surface area contributed by atoms with Gasteiger partial charge in [0.2, 0.25) is 0 Å². The molecule has 1 atom stereocenters. The van der Waals surface area contributed by atoms with Gasteiger partial charge in [0, 0.05) is 10.9 Å². The third-order valence-electron chi connectivity index (χ3n) is 2.98. The molecule has 0 aromatic carbocycles. The van der Waals surface area contributed by atoms with Crippen molar-refractivity contribution < 1.29 is 5.11 Å². The number of halogens is 1. The number of alkyl halides is 1. The van der Waals surface area contributed by atoms with Crippen molar-refractivity contribution in [2.24, 2.45) is 5.92 Å². The van der Waals surface area contributed by atoms with Crippen LogP contribution in [-0.2, 0) is 0 Å². The van der Waals surface area contributed by atoms with Crippen molar-refractivity contribution in [2.75, 3.05) is 25.5 Å². The normalized spacial score (nSPS) is 14.8. The van der Waals surface area contributed by atoms with Gasteiger partial charge in [-0.05, 0) is 46.2 Å². The largest absolute Gasteiger partial charge is 0.394 e. The van der Waals surface area contributed by atoms with Gasteiger partial charge in [-0.25, -0.2) is 0 Å². The summed E-state index contributed by atoms with van der Waals surface area (Å²) in [5, 5.41) is 10.3. The maximum atomic E-state index is 9.18. The van der Waals surface area contributed by atoms with Crippen LogP contribution in [0, 0.1) is 5.92 Å². The molecule has 0 aliphatic carbocycles. The zero-order chi connectivity index (χ0) is 11.2. The molecule has 0 bridgehead atoms. The Morgan fingerprint density at radius 3 is 2.36 bits per heavy atom. The zero-order valence-corrected chi connectivity index (χ0v) is 11.5. The first-order valence-corrected chi connectivity index (χ1v) is 6.44.